The molecule has 0 aliphatic carbocycles. The van der Waals surface area contributed by atoms with Gasteiger partial charge in [0.25, 0.3) is 5.91 Å². The minimum atomic E-state index is -3.59. The molecule has 0 spiro atoms. The van der Waals surface area contributed by atoms with Gasteiger partial charge in [0, 0.05) is 34.6 Å². The second-order valence-corrected chi connectivity index (χ2v) is 9.87. The van der Waals surface area contributed by atoms with E-state index in [4.69, 9.17) is 11.6 Å². The summed E-state index contributed by atoms with van der Waals surface area (Å²) in [6.45, 7) is 3.59. The number of nitrogens with one attached hydrogen (secondary N) is 1. The van der Waals surface area contributed by atoms with Crippen molar-refractivity contribution in [2.45, 2.75) is 24.8 Å². The predicted octanol–water partition coefficient (Wildman–Crippen LogP) is 4.74. The number of carbonyl (C=O) groups excluding carboxylic acids is 1. The fraction of sp³-hybridized carbons (Fsp3) is 0.200. The van der Waals surface area contributed by atoms with Gasteiger partial charge in [0.2, 0.25) is 10.0 Å². The molecule has 1 amide bonds. The van der Waals surface area contributed by atoms with Crippen LogP contribution in [-0.4, -0.2) is 36.7 Å². The van der Waals surface area contributed by atoms with E-state index in [1.165, 1.54) is 47.0 Å². The van der Waals surface area contributed by atoms with Gasteiger partial charge in [0.1, 0.15) is 0 Å². The second kappa shape index (κ2) is 8.62. The molecule has 0 aliphatic rings. The van der Waals surface area contributed by atoms with Crippen molar-refractivity contribution in [1.29, 1.82) is 0 Å². The number of halogens is 1. The lowest BCUT2D eigenvalue weighted by Crippen LogP contribution is -2.33. The number of hydrogen-bond acceptors (Lipinski definition) is 5. The first-order valence-electron chi connectivity index (χ1n) is 8.80. The van der Waals surface area contributed by atoms with Gasteiger partial charge < -0.3 is 0 Å². The molecule has 3 rings (SSSR count). The highest BCUT2D eigenvalue weighted by atomic mass is 35.5. The molecule has 6 nitrogen and oxygen atoms in total. The Kier molecular flexibility index (Phi) is 6.38. The van der Waals surface area contributed by atoms with Gasteiger partial charge in [0.15, 0.2) is 5.13 Å². The summed E-state index contributed by atoms with van der Waals surface area (Å²) in [5, 5.41) is 5.56. The summed E-state index contributed by atoms with van der Waals surface area (Å²) in [5.74, 6) is -0.369. The van der Waals surface area contributed by atoms with E-state index in [1.807, 2.05) is 23.6 Å². The molecule has 0 unspecified atom stereocenters. The molecular weight excluding hydrogens is 430 g/mol. The minimum Gasteiger partial charge on any atom is -0.298 e. The van der Waals surface area contributed by atoms with Crippen LogP contribution in [0.1, 0.15) is 24.2 Å². The van der Waals surface area contributed by atoms with Crippen LogP contribution in [0.4, 0.5) is 5.13 Å². The van der Waals surface area contributed by atoms with Gasteiger partial charge in [-0.2, -0.15) is 4.31 Å². The Bertz CT molecular complexity index is 1130. The van der Waals surface area contributed by atoms with Crippen molar-refractivity contribution < 1.29 is 13.2 Å². The molecule has 0 saturated heterocycles. The number of benzene rings is 2. The van der Waals surface area contributed by atoms with E-state index < -0.39 is 10.0 Å². The Balaban J connectivity index is 1.75. The van der Waals surface area contributed by atoms with Gasteiger partial charge in [-0.1, -0.05) is 29.8 Å². The van der Waals surface area contributed by atoms with Crippen LogP contribution in [0.3, 0.4) is 0 Å². The molecule has 9 heteroatoms. The van der Waals surface area contributed by atoms with Crippen molar-refractivity contribution in [2.24, 2.45) is 0 Å². The van der Waals surface area contributed by atoms with Gasteiger partial charge in [-0.3, -0.25) is 10.1 Å². The van der Waals surface area contributed by atoms with Crippen LogP contribution in [0.2, 0.25) is 5.02 Å². The maximum atomic E-state index is 12.5. The Morgan fingerprint density at radius 3 is 2.41 bits per heavy atom. The number of carbonyl (C=O) groups is 1. The van der Waals surface area contributed by atoms with E-state index in [0.717, 1.165) is 5.56 Å². The number of aromatic nitrogens is 1. The molecule has 1 aromatic heterocycles. The highest BCUT2D eigenvalue weighted by Crippen LogP contribution is 2.30. The molecule has 0 aliphatic heterocycles. The molecular formula is C20H20ClN3O3S2. The molecule has 0 saturated carbocycles. The van der Waals surface area contributed by atoms with Gasteiger partial charge in [-0.05, 0) is 44.2 Å². The lowest BCUT2D eigenvalue weighted by atomic mass is 10.2. The van der Waals surface area contributed by atoms with Crippen molar-refractivity contribution in [2.75, 3.05) is 12.4 Å². The second-order valence-electron chi connectivity index (χ2n) is 6.61. The molecule has 3 aromatic rings. The van der Waals surface area contributed by atoms with Crippen LogP contribution >= 0.6 is 22.9 Å². The zero-order valence-corrected chi connectivity index (χ0v) is 18.5. The number of amides is 1. The predicted molar refractivity (Wildman–Crippen MR) is 117 cm³/mol. The standard InChI is InChI=1S/C20H20ClN3O3S2/c1-13(2)24(3)29(26,27)15-10-8-14(9-11-15)19(25)23-20-22-18(12-28-20)16-6-4-5-7-17(16)21/h4-13H,1-3H3,(H,22,23,25). The van der Waals surface area contributed by atoms with Crippen LogP contribution in [-0.2, 0) is 10.0 Å². The molecule has 1 heterocycles. The third-order valence-electron chi connectivity index (χ3n) is 4.40. The third kappa shape index (κ3) is 4.67. The average Bonchev–Trinajstić information content (AvgIpc) is 3.15. The molecule has 0 fully saturated rings. The van der Waals surface area contributed by atoms with Crippen molar-refractivity contribution in [1.82, 2.24) is 9.29 Å². The summed E-state index contributed by atoms with van der Waals surface area (Å²) in [7, 11) is -2.06. The van der Waals surface area contributed by atoms with E-state index >= 15 is 0 Å². The Morgan fingerprint density at radius 1 is 1.14 bits per heavy atom. The summed E-state index contributed by atoms with van der Waals surface area (Å²) in [6, 6.07) is 13.0. The monoisotopic (exact) mass is 449 g/mol. The van der Waals surface area contributed by atoms with Crippen molar-refractivity contribution in [3.05, 3.63) is 64.5 Å². The van der Waals surface area contributed by atoms with Crippen LogP contribution in [0, 0.1) is 0 Å². The molecule has 2 aromatic carbocycles. The molecule has 0 atom stereocenters. The highest BCUT2D eigenvalue weighted by Gasteiger charge is 2.23. The number of rotatable bonds is 6. The topological polar surface area (TPSA) is 79.4 Å². The summed E-state index contributed by atoms with van der Waals surface area (Å²) in [6.07, 6.45) is 0. The van der Waals surface area contributed by atoms with Crippen LogP contribution in [0.15, 0.2) is 58.8 Å². The van der Waals surface area contributed by atoms with Crippen molar-refractivity contribution in [3.8, 4) is 11.3 Å². The Labute approximate surface area is 179 Å². The Hall–Kier alpha value is -2.26. The fourth-order valence-corrected chi connectivity index (χ4v) is 4.82. The van der Waals surface area contributed by atoms with Crippen LogP contribution in [0.25, 0.3) is 11.3 Å². The van der Waals surface area contributed by atoms with Gasteiger partial charge >= 0.3 is 0 Å². The highest BCUT2D eigenvalue weighted by molar-refractivity contribution is 7.89. The first kappa shape index (κ1) is 21.4. The Morgan fingerprint density at radius 2 is 1.79 bits per heavy atom. The zero-order valence-electron chi connectivity index (χ0n) is 16.1. The van der Waals surface area contributed by atoms with E-state index in [0.29, 0.717) is 21.4 Å². The zero-order chi connectivity index (χ0) is 21.2. The van der Waals surface area contributed by atoms with E-state index in [1.54, 1.807) is 19.9 Å². The number of hydrogen-bond donors (Lipinski definition) is 1. The summed E-state index contributed by atoms with van der Waals surface area (Å²) in [4.78, 5) is 17.0. The first-order valence-corrected chi connectivity index (χ1v) is 11.5. The van der Waals surface area contributed by atoms with Crippen molar-refractivity contribution >= 4 is 44.0 Å². The fourth-order valence-electron chi connectivity index (χ4n) is 2.52. The molecule has 0 bridgehead atoms. The number of nitrogens with zero attached hydrogens (tertiary/aromatic N) is 2. The molecule has 29 heavy (non-hydrogen) atoms. The first-order chi connectivity index (χ1) is 13.7. The van der Waals surface area contributed by atoms with Crippen LogP contribution in [0.5, 0.6) is 0 Å². The van der Waals surface area contributed by atoms with Gasteiger partial charge in [-0.15, -0.1) is 11.3 Å². The van der Waals surface area contributed by atoms with E-state index in [-0.39, 0.29) is 16.8 Å². The number of anilines is 1. The molecule has 152 valence electrons. The lowest BCUT2D eigenvalue weighted by molar-refractivity contribution is 0.102. The van der Waals surface area contributed by atoms with E-state index in [2.05, 4.69) is 10.3 Å². The third-order valence-corrected chi connectivity index (χ3v) is 7.53. The summed E-state index contributed by atoms with van der Waals surface area (Å²) >= 11 is 7.47. The molecule has 0 radical (unpaired) electrons. The maximum Gasteiger partial charge on any atom is 0.257 e. The number of thiazole rings is 1. The number of sulfonamides is 1. The van der Waals surface area contributed by atoms with Crippen LogP contribution < -0.4 is 5.32 Å². The van der Waals surface area contributed by atoms with Crippen molar-refractivity contribution in [3.63, 3.8) is 0 Å². The average molecular weight is 450 g/mol. The lowest BCUT2D eigenvalue weighted by Gasteiger charge is -2.20. The minimum absolute atomic E-state index is 0.139. The maximum absolute atomic E-state index is 12.5. The SMILES string of the molecule is CC(C)N(C)S(=O)(=O)c1ccc(C(=O)Nc2nc(-c3ccccc3Cl)cs2)cc1. The molecule has 1 N–H and O–H groups in total. The van der Waals surface area contributed by atoms with Gasteiger partial charge in [0.05, 0.1) is 10.6 Å². The largest absolute Gasteiger partial charge is 0.298 e. The normalized spacial score (nSPS) is 11.8. The van der Waals surface area contributed by atoms with Gasteiger partial charge in [-0.25, -0.2) is 13.4 Å². The summed E-state index contributed by atoms with van der Waals surface area (Å²) in [5.41, 5.74) is 1.80. The van der Waals surface area contributed by atoms with E-state index in [9.17, 15) is 13.2 Å². The smallest absolute Gasteiger partial charge is 0.257 e. The quantitative estimate of drug-likeness (QED) is 0.589. The summed E-state index contributed by atoms with van der Waals surface area (Å²) < 4.78 is 26.3.